The van der Waals surface area contributed by atoms with E-state index in [2.05, 4.69) is 36.1 Å². The average molecular weight is 398 g/mol. The number of amides is 1. The van der Waals surface area contributed by atoms with Crippen LogP contribution in [0.1, 0.15) is 11.1 Å². The SMILES string of the molecule is COc1ccc(CN(C)CC(=O)N2CCN(c3cccc(C)c3)CC2)cc1OC. The van der Waals surface area contributed by atoms with Gasteiger partial charge >= 0.3 is 0 Å². The number of methoxy groups -OCH3 is 2. The summed E-state index contributed by atoms with van der Waals surface area (Å²) in [5, 5.41) is 0. The summed E-state index contributed by atoms with van der Waals surface area (Å²) < 4.78 is 10.6. The molecule has 1 amide bonds. The van der Waals surface area contributed by atoms with E-state index in [-0.39, 0.29) is 5.91 Å². The highest BCUT2D eigenvalue weighted by molar-refractivity contribution is 5.78. The molecular formula is C23H31N3O3. The fourth-order valence-electron chi connectivity index (χ4n) is 3.72. The molecule has 1 saturated heterocycles. The molecule has 29 heavy (non-hydrogen) atoms. The Morgan fingerprint density at radius 3 is 2.38 bits per heavy atom. The van der Waals surface area contributed by atoms with E-state index in [1.165, 1.54) is 11.3 Å². The lowest BCUT2D eigenvalue weighted by Crippen LogP contribution is -2.51. The fraction of sp³-hybridized carbons (Fsp3) is 0.435. The smallest absolute Gasteiger partial charge is 0.236 e. The van der Waals surface area contributed by atoms with Crippen LogP contribution in [0.4, 0.5) is 5.69 Å². The molecule has 2 aromatic carbocycles. The maximum Gasteiger partial charge on any atom is 0.236 e. The topological polar surface area (TPSA) is 45.2 Å². The van der Waals surface area contributed by atoms with Gasteiger partial charge in [0, 0.05) is 38.4 Å². The summed E-state index contributed by atoms with van der Waals surface area (Å²) in [7, 11) is 5.23. The Bertz CT molecular complexity index is 832. The van der Waals surface area contributed by atoms with Gasteiger partial charge in [-0.2, -0.15) is 0 Å². The molecule has 0 bridgehead atoms. The number of hydrogen-bond donors (Lipinski definition) is 0. The average Bonchev–Trinajstić information content (AvgIpc) is 2.73. The molecule has 0 aromatic heterocycles. The van der Waals surface area contributed by atoms with Gasteiger partial charge in [0.05, 0.1) is 20.8 Å². The first-order chi connectivity index (χ1) is 14.0. The first-order valence-electron chi connectivity index (χ1n) is 9.99. The van der Waals surface area contributed by atoms with Crippen LogP contribution in [0.5, 0.6) is 11.5 Å². The lowest BCUT2D eigenvalue weighted by atomic mass is 10.2. The fourth-order valence-corrected chi connectivity index (χ4v) is 3.72. The number of likely N-dealkylation sites (N-methyl/N-ethyl adjacent to an activating group) is 1. The van der Waals surface area contributed by atoms with E-state index < -0.39 is 0 Å². The van der Waals surface area contributed by atoms with Crippen molar-refractivity contribution in [2.45, 2.75) is 13.5 Å². The molecule has 0 radical (unpaired) electrons. The van der Waals surface area contributed by atoms with Crippen LogP contribution in [0.15, 0.2) is 42.5 Å². The molecule has 6 nitrogen and oxygen atoms in total. The van der Waals surface area contributed by atoms with Crippen molar-refractivity contribution in [3.63, 3.8) is 0 Å². The predicted molar refractivity (Wildman–Crippen MR) is 116 cm³/mol. The zero-order valence-electron chi connectivity index (χ0n) is 17.9. The van der Waals surface area contributed by atoms with Gasteiger partial charge in [-0.25, -0.2) is 0 Å². The molecule has 2 aromatic rings. The van der Waals surface area contributed by atoms with E-state index in [4.69, 9.17) is 9.47 Å². The maximum atomic E-state index is 12.7. The quantitative estimate of drug-likeness (QED) is 0.719. The van der Waals surface area contributed by atoms with Crippen molar-refractivity contribution in [2.75, 3.05) is 58.9 Å². The number of ether oxygens (including phenoxy) is 2. The van der Waals surface area contributed by atoms with Crippen molar-refractivity contribution in [3.8, 4) is 11.5 Å². The lowest BCUT2D eigenvalue weighted by Gasteiger charge is -2.37. The van der Waals surface area contributed by atoms with Crippen LogP contribution in [-0.4, -0.2) is 69.7 Å². The number of rotatable bonds is 7. The molecule has 1 aliphatic heterocycles. The van der Waals surface area contributed by atoms with Gasteiger partial charge in [-0.3, -0.25) is 9.69 Å². The van der Waals surface area contributed by atoms with Crippen molar-refractivity contribution in [2.24, 2.45) is 0 Å². The molecular weight excluding hydrogens is 366 g/mol. The van der Waals surface area contributed by atoms with E-state index in [1.807, 2.05) is 35.0 Å². The second-order valence-corrected chi connectivity index (χ2v) is 7.57. The largest absolute Gasteiger partial charge is 0.493 e. The van der Waals surface area contributed by atoms with Gasteiger partial charge in [-0.1, -0.05) is 18.2 Å². The molecule has 0 aliphatic carbocycles. The number of benzene rings is 2. The van der Waals surface area contributed by atoms with Crippen LogP contribution < -0.4 is 14.4 Å². The Morgan fingerprint density at radius 1 is 1.00 bits per heavy atom. The highest BCUT2D eigenvalue weighted by Crippen LogP contribution is 2.28. The van der Waals surface area contributed by atoms with Crippen LogP contribution in [0.2, 0.25) is 0 Å². The zero-order chi connectivity index (χ0) is 20.8. The van der Waals surface area contributed by atoms with Crippen LogP contribution >= 0.6 is 0 Å². The minimum Gasteiger partial charge on any atom is -0.493 e. The standard InChI is InChI=1S/C23H31N3O3/c1-18-6-5-7-20(14-18)25-10-12-26(13-11-25)23(27)17-24(2)16-19-8-9-21(28-3)22(15-19)29-4/h5-9,14-15H,10-13,16-17H2,1-4H3. The normalized spacial score (nSPS) is 14.2. The summed E-state index contributed by atoms with van der Waals surface area (Å²) in [6.07, 6.45) is 0. The number of carbonyl (C=O) groups is 1. The molecule has 1 heterocycles. The predicted octanol–water partition coefficient (Wildman–Crippen LogP) is 2.79. The first kappa shape index (κ1) is 21.0. The molecule has 0 atom stereocenters. The maximum absolute atomic E-state index is 12.7. The van der Waals surface area contributed by atoms with Gasteiger partial charge < -0.3 is 19.3 Å². The van der Waals surface area contributed by atoms with Crippen molar-refractivity contribution in [3.05, 3.63) is 53.6 Å². The van der Waals surface area contributed by atoms with Crippen molar-refractivity contribution < 1.29 is 14.3 Å². The number of hydrogen-bond acceptors (Lipinski definition) is 5. The highest BCUT2D eigenvalue weighted by Gasteiger charge is 2.22. The molecule has 156 valence electrons. The second kappa shape index (κ2) is 9.65. The van der Waals surface area contributed by atoms with E-state index in [1.54, 1.807) is 14.2 Å². The number of piperazine rings is 1. The Labute approximate surface area is 173 Å². The summed E-state index contributed by atoms with van der Waals surface area (Å²) in [5.41, 5.74) is 3.59. The van der Waals surface area contributed by atoms with Gasteiger partial charge in [0.2, 0.25) is 5.91 Å². The summed E-state index contributed by atoms with van der Waals surface area (Å²) in [4.78, 5) is 19.1. The summed E-state index contributed by atoms with van der Waals surface area (Å²) in [6, 6.07) is 14.4. The highest BCUT2D eigenvalue weighted by atomic mass is 16.5. The number of anilines is 1. The van der Waals surface area contributed by atoms with Gasteiger partial charge in [0.15, 0.2) is 11.5 Å². The van der Waals surface area contributed by atoms with Gasteiger partial charge in [0.25, 0.3) is 0 Å². The minimum absolute atomic E-state index is 0.178. The summed E-state index contributed by atoms with van der Waals surface area (Å²) >= 11 is 0. The third-order valence-electron chi connectivity index (χ3n) is 5.30. The third kappa shape index (κ3) is 5.41. The molecule has 0 spiro atoms. The van der Waals surface area contributed by atoms with Crippen molar-refractivity contribution in [1.82, 2.24) is 9.80 Å². The van der Waals surface area contributed by atoms with Crippen LogP contribution in [-0.2, 0) is 11.3 Å². The van der Waals surface area contributed by atoms with Crippen LogP contribution in [0.25, 0.3) is 0 Å². The summed E-state index contributed by atoms with van der Waals surface area (Å²) in [6.45, 7) is 6.45. The Hall–Kier alpha value is -2.73. The second-order valence-electron chi connectivity index (χ2n) is 7.57. The van der Waals surface area contributed by atoms with Gasteiger partial charge in [-0.05, 0) is 49.4 Å². The van der Waals surface area contributed by atoms with Gasteiger partial charge in [0.1, 0.15) is 0 Å². The van der Waals surface area contributed by atoms with E-state index >= 15 is 0 Å². The molecule has 6 heteroatoms. The Morgan fingerprint density at radius 2 is 1.72 bits per heavy atom. The van der Waals surface area contributed by atoms with Gasteiger partial charge in [-0.15, -0.1) is 0 Å². The van der Waals surface area contributed by atoms with Crippen LogP contribution in [0, 0.1) is 6.92 Å². The Kier molecular flexibility index (Phi) is 6.99. The third-order valence-corrected chi connectivity index (χ3v) is 5.30. The van der Waals surface area contributed by atoms with Crippen molar-refractivity contribution >= 4 is 11.6 Å². The van der Waals surface area contributed by atoms with Crippen LogP contribution in [0.3, 0.4) is 0 Å². The van der Waals surface area contributed by atoms with E-state index in [0.29, 0.717) is 24.6 Å². The molecule has 0 N–H and O–H groups in total. The molecule has 1 aliphatic rings. The minimum atomic E-state index is 0.178. The number of aryl methyl sites for hydroxylation is 1. The molecule has 1 fully saturated rings. The zero-order valence-corrected chi connectivity index (χ0v) is 17.9. The number of nitrogens with zero attached hydrogens (tertiary/aromatic N) is 3. The molecule has 0 saturated carbocycles. The lowest BCUT2D eigenvalue weighted by molar-refractivity contribution is -0.132. The van der Waals surface area contributed by atoms with E-state index in [9.17, 15) is 4.79 Å². The first-order valence-corrected chi connectivity index (χ1v) is 9.99. The monoisotopic (exact) mass is 397 g/mol. The molecule has 0 unspecified atom stereocenters. The van der Waals surface area contributed by atoms with E-state index in [0.717, 1.165) is 31.7 Å². The summed E-state index contributed by atoms with van der Waals surface area (Å²) in [5.74, 6) is 1.59. The molecule has 3 rings (SSSR count). The Balaban J connectivity index is 1.50. The number of carbonyl (C=O) groups excluding carboxylic acids is 1. The van der Waals surface area contributed by atoms with Crippen molar-refractivity contribution in [1.29, 1.82) is 0 Å².